The number of fused-ring (bicyclic) bond motifs is 1. The molecule has 1 aromatic carbocycles. The Bertz CT molecular complexity index is 379. The third kappa shape index (κ3) is 2.38. The van der Waals surface area contributed by atoms with E-state index in [2.05, 4.69) is 5.32 Å². The van der Waals surface area contributed by atoms with Gasteiger partial charge in [-0.2, -0.15) is 0 Å². The fraction of sp³-hybridized carbons (Fsp3) is 0.300. The molecule has 0 bridgehead atoms. The molecule has 5 heteroatoms. The molecule has 80 valence electrons. The molecule has 2 rings (SSSR count). The number of ether oxygens (including phenoxy) is 2. The van der Waals surface area contributed by atoms with Crippen molar-refractivity contribution in [2.24, 2.45) is 5.73 Å². The number of carbonyl (C=O) groups excluding carboxylic acids is 1. The lowest BCUT2D eigenvalue weighted by Crippen LogP contribution is -2.28. The molecule has 0 radical (unpaired) electrons. The molecule has 1 aliphatic rings. The van der Waals surface area contributed by atoms with Crippen LogP contribution in [0.3, 0.4) is 0 Å². The van der Waals surface area contributed by atoms with Crippen LogP contribution in [-0.2, 0) is 11.3 Å². The van der Waals surface area contributed by atoms with Crippen LogP contribution < -0.4 is 20.5 Å². The van der Waals surface area contributed by atoms with Gasteiger partial charge in [0, 0.05) is 6.54 Å². The first-order chi connectivity index (χ1) is 7.25. The van der Waals surface area contributed by atoms with Gasteiger partial charge >= 0.3 is 0 Å². The SMILES string of the molecule is NC(=O)CNCc1ccc2c(c1)OCO2. The Morgan fingerprint density at radius 2 is 2.20 bits per heavy atom. The van der Waals surface area contributed by atoms with Crippen molar-refractivity contribution in [1.29, 1.82) is 0 Å². The van der Waals surface area contributed by atoms with Crippen molar-refractivity contribution in [2.45, 2.75) is 6.54 Å². The molecule has 1 amide bonds. The van der Waals surface area contributed by atoms with E-state index < -0.39 is 0 Å². The van der Waals surface area contributed by atoms with E-state index in [1.807, 2.05) is 18.2 Å². The number of hydrogen-bond donors (Lipinski definition) is 2. The second kappa shape index (κ2) is 4.18. The molecule has 0 unspecified atom stereocenters. The summed E-state index contributed by atoms with van der Waals surface area (Å²) in [7, 11) is 0. The van der Waals surface area contributed by atoms with E-state index in [9.17, 15) is 4.79 Å². The van der Waals surface area contributed by atoms with E-state index in [4.69, 9.17) is 15.2 Å². The third-order valence-electron chi connectivity index (χ3n) is 2.07. The highest BCUT2D eigenvalue weighted by molar-refractivity contribution is 5.75. The number of primary amides is 1. The number of nitrogens with two attached hydrogens (primary N) is 1. The summed E-state index contributed by atoms with van der Waals surface area (Å²) in [6.45, 7) is 1.03. The normalized spacial score (nSPS) is 12.8. The highest BCUT2D eigenvalue weighted by Gasteiger charge is 2.12. The molecule has 0 saturated carbocycles. The zero-order valence-corrected chi connectivity index (χ0v) is 8.16. The Kier molecular flexibility index (Phi) is 2.73. The van der Waals surface area contributed by atoms with Gasteiger partial charge in [0.1, 0.15) is 0 Å². The number of rotatable bonds is 4. The molecule has 3 N–H and O–H groups in total. The van der Waals surface area contributed by atoms with E-state index in [-0.39, 0.29) is 19.2 Å². The smallest absolute Gasteiger partial charge is 0.231 e. The summed E-state index contributed by atoms with van der Waals surface area (Å²) in [5.41, 5.74) is 6.03. The Morgan fingerprint density at radius 1 is 1.40 bits per heavy atom. The minimum absolute atomic E-state index is 0.175. The van der Waals surface area contributed by atoms with Crippen LogP contribution >= 0.6 is 0 Å². The molecule has 1 heterocycles. The summed E-state index contributed by atoms with van der Waals surface area (Å²) >= 11 is 0. The van der Waals surface area contributed by atoms with Crippen molar-refractivity contribution in [3.8, 4) is 11.5 Å². The van der Waals surface area contributed by atoms with Gasteiger partial charge in [0.2, 0.25) is 12.7 Å². The molecular weight excluding hydrogens is 196 g/mol. The van der Waals surface area contributed by atoms with Crippen molar-refractivity contribution in [3.05, 3.63) is 23.8 Å². The van der Waals surface area contributed by atoms with Gasteiger partial charge < -0.3 is 20.5 Å². The van der Waals surface area contributed by atoms with Crippen LogP contribution in [-0.4, -0.2) is 19.2 Å². The average molecular weight is 208 g/mol. The van der Waals surface area contributed by atoms with Gasteiger partial charge in [0.15, 0.2) is 11.5 Å². The van der Waals surface area contributed by atoms with Crippen LogP contribution in [0.1, 0.15) is 5.56 Å². The van der Waals surface area contributed by atoms with Crippen molar-refractivity contribution in [1.82, 2.24) is 5.32 Å². The number of hydrogen-bond acceptors (Lipinski definition) is 4. The maximum absolute atomic E-state index is 10.5. The van der Waals surface area contributed by atoms with Crippen LogP contribution in [0.15, 0.2) is 18.2 Å². The lowest BCUT2D eigenvalue weighted by molar-refractivity contribution is -0.117. The molecule has 15 heavy (non-hydrogen) atoms. The molecule has 0 atom stereocenters. The van der Waals surface area contributed by atoms with E-state index in [0.717, 1.165) is 17.1 Å². The molecule has 1 aliphatic heterocycles. The van der Waals surface area contributed by atoms with Gasteiger partial charge in [0.05, 0.1) is 6.54 Å². The predicted molar refractivity (Wildman–Crippen MR) is 53.5 cm³/mol. The van der Waals surface area contributed by atoms with Crippen molar-refractivity contribution < 1.29 is 14.3 Å². The first-order valence-electron chi connectivity index (χ1n) is 4.63. The predicted octanol–water partition coefficient (Wildman–Crippen LogP) is -0.00980. The second-order valence-corrected chi connectivity index (χ2v) is 3.26. The Hall–Kier alpha value is -1.75. The summed E-state index contributed by atoms with van der Waals surface area (Å²) < 4.78 is 10.4. The summed E-state index contributed by atoms with van der Waals surface area (Å²) in [5, 5.41) is 2.92. The maximum atomic E-state index is 10.5. The van der Waals surface area contributed by atoms with Crippen LogP contribution in [0.4, 0.5) is 0 Å². The number of amides is 1. The first kappa shape index (κ1) is 9.79. The molecule has 0 aliphatic carbocycles. The van der Waals surface area contributed by atoms with Crippen molar-refractivity contribution >= 4 is 5.91 Å². The largest absolute Gasteiger partial charge is 0.454 e. The van der Waals surface area contributed by atoms with E-state index in [0.29, 0.717) is 6.54 Å². The van der Waals surface area contributed by atoms with E-state index in [1.165, 1.54) is 0 Å². The van der Waals surface area contributed by atoms with Gasteiger partial charge in [-0.05, 0) is 17.7 Å². The summed E-state index contributed by atoms with van der Waals surface area (Å²) in [6.07, 6.45) is 0. The van der Waals surface area contributed by atoms with Gasteiger partial charge in [-0.1, -0.05) is 6.07 Å². The zero-order chi connectivity index (χ0) is 10.7. The van der Waals surface area contributed by atoms with Crippen LogP contribution in [0, 0.1) is 0 Å². The molecular formula is C10H12N2O3. The first-order valence-corrected chi connectivity index (χ1v) is 4.63. The van der Waals surface area contributed by atoms with Gasteiger partial charge in [-0.25, -0.2) is 0 Å². The van der Waals surface area contributed by atoms with Gasteiger partial charge in [0.25, 0.3) is 0 Å². The molecule has 0 spiro atoms. The summed E-state index contributed by atoms with van der Waals surface area (Å²) in [4.78, 5) is 10.5. The number of benzene rings is 1. The highest BCUT2D eigenvalue weighted by atomic mass is 16.7. The fourth-order valence-electron chi connectivity index (χ4n) is 1.38. The lowest BCUT2D eigenvalue weighted by atomic mass is 10.2. The molecule has 0 fully saturated rings. The Labute approximate surface area is 87.2 Å². The summed E-state index contributed by atoms with van der Waals surface area (Å²) in [5.74, 6) is 1.14. The topological polar surface area (TPSA) is 73.6 Å². The van der Waals surface area contributed by atoms with Crippen LogP contribution in [0.25, 0.3) is 0 Å². The Morgan fingerprint density at radius 3 is 3.00 bits per heavy atom. The lowest BCUT2D eigenvalue weighted by Gasteiger charge is -2.03. The molecule has 0 saturated heterocycles. The molecule has 0 aromatic heterocycles. The second-order valence-electron chi connectivity index (χ2n) is 3.26. The minimum atomic E-state index is -0.365. The monoisotopic (exact) mass is 208 g/mol. The molecule has 1 aromatic rings. The third-order valence-corrected chi connectivity index (χ3v) is 2.07. The van der Waals surface area contributed by atoms with Crippen molar-refractivity contribution in [3.63, 3.8) is 0 Å². The van der Waals surface area contributed by atoms with Crippen LogP contribution in [0.2, 0.25) is 0 Å². The van der Waals surface area contributed by atoms with Gasteiger partial charge in [-0.3, -0.25) is 4.79 Å². The van der Waals surface area contributed by atoms with Gasteiger partial charge in [-0.15, -0.1) is 0 Å². The maximum Gasteiger partial charge on any atom is 0.231 e. The van der Waals surface area contributed by atoms with E-state index in [1.54, 1.807) is 0 Å². The summed E-state index contributed by atoms with van der Waals surface area (Å²) in [6, 6.07) is 5.65. The van der Waals surface area contributed by atoms with E-state index >= 15 is 0 Å². The highest BCUT2D eigenvalue weighted by Crippen LogP contribution is 2.32. The average Bonchev–Trinajstić information content (AvgIpc) is 2.64. The standard InChI is InChI=1S/C10H12N2O3/c11-10(13)5-12-4-7-1-2-8-9(3-7)15-6-14-8/h1-3,12H,4-6H2,(H2,11,13). The molecule has 5 nitrogen and oxygen atoms in total. The van der Waals surface area contributed by atoms with Crippen LogP contribution in [0.5, 0.6) is 11.5 Å². The fourth-order valence-corrected chi connectivity index (χ4v) is 1.38. The quantitative estimate of drug-likeness (QED) is 0.730. The minimum Gasteiger partial charge on any atom is -0.454 e. The van der Waals surface area contributed by atoms with Crippen molar-refractivity contribution in [2.75, 3.05) is 13.3 Å². The zero-order valence-electron chi connectivity index (χ0n) is 8.16. The number of nitrogens with one attached hydrogen (secondary N) is 1. The Balaban J connectivity index is 1.95. The number of carbonyl (C=O) groups is 1.